The van der Waals surface area contributed by atoms with Crippen molar-refractivity contribution in [3.63, 3.8) is 0 Å². The normalized spacial score (nSPS) is 11.8. The average Bonchev–Trinajstić information content (AvgIpc) is 2.30. The summed E-state index contributed by atoms with van der Waals surface area (Å²) >= 11 is 0. The van der Waals surface area contributed by atoms with Crippen molar-refractivity contribution in [3.8, 4) is 0 Å². The number of anilines is 1. The molecule has 0 saturated heterocycles. The second kappa shape index (κ2) is 5.40. The third kappa shape index (κ3) is 3.25. The Morgan fingerprint density at radius 3 is 2.65 bits per heavy atom. The van der Waals surface area contributed by atoms with Crippen LogP contribution in [-0.4, -0.2) is 25.0 Å². The van der Waals surface area contributed by atoms with E-state index in [-0.39, 0.29) is 11.3 Å². The van der Waals surface area contributed by atoms with Crippen LogP contribution in [0, 0.1) is 5.82 Å². The van der Waals surface area contributed by atoms with Crippen molar-refractivity contribution in [2.75, 3.05) is 12.4 Å². The number of hydrogen-bond donors (Lipinski definition) is 2. The number of rotatable bonds is 3. The van der Waals surface area contributed by atoms with Crippen molar-refractivity contribution in [1.29, 1.82) is 0 Å². The first kappa shape index (κ1) is 13.1. The van der Waals surface area contributed by atoms with Crippen LogP contribution in [0.25, 0.3) is 0 Å². The molecule has 0 fully saturated rings. The summed E-state index contributed by atoms with van der Waals surface area (Å²) in [5, 5.41) is 2.28. The van der Waals surface area contributed by atoms with E-state index in [9.17, 15) is 14.0 Å². The van der Waals surface area contributed by atoms with Crippen LogP contribution in [0.3, 0.4) is 0 Å². The van der Waals surface area contributed by atoms with Gasteiger partial charge in [0.05, 0.1) is 24.4 Å². The van der Waals surface area contributed by atoms with Gasteiger partial charge >= 0.3 is 5.97 Å². The smallest absolute Gasteiger partial charge is 0.337 e. The lowest BCUT2D eigenvalue weighted by Gasteiger charge is -2.09. The lowest BCUT2D eigenvalue weighted by molar-refractivity contribution is -0.117. The Morgan fingerprint density at radius 1 is 1.47 bits per heavy atom. The molecule has 0 aliphatic rings. The monoisotopic (exact) mass is 240 g/mol. The highest BCUT2D eigenvalue weighted by molar-refractivity contribution is 5.96. The second-order valence-corrected chi connectivity index (χ2v) is 3.46. The highest BCUT2D eigenvalue weighted by atomic mass is 19.1. The van der Waals surface area contributed by atoms with E-state index in [1.807, 2.05) is 0 Å². The first-order chi connectivity index (χ1) is 7.95. The number of benzene rings is 1. The molecule has 0 aromatic heterocycles. The van der Waals surface area contributed by atoms with Crippen LogP contribution < -0.4 is 11.1 Å². The van der Waals surface area contributed by atoms with E-state index in [4.69, 9.17) is 5.73 Å². The van der Waals surface area contributed by atoms with Gasteiger partial charge < -0.3 is 15.8 Å². The maximum atomic E-state index is 13.4. The van der Waals surface area contributed by atoms with Crippen LogP contribution in [0.4, 0.5) is 10.1 Å². The Labute approximate surface area is 97.7 Å². The molecule has 5 nitrogen and oxygen atoms in total. The van der Waals surface area contributed by atoms with Crippen molar-refractivity contribution in [2.45, 2.75) is 13.0 Å². The number of nitrogens with two attached hydrogens (primary N) is 1. The molecule has 1 aromatic rings. The lowest BCUT2D eigenvalue weighted by Crippen LogP contribution is -2.32. The number of carbonyl (C=O) groups excluding carboxylic acids is 2. The molecule has 0 unspecified atom stereocenters. The molecule has 0 aliphatic carbocycles. The van der Waals surface area contributed by atoms with Gasteiger partial charge in [0.25, 0.3) is 0 Å². The fourth-order valence-electron chi connectivity index (χ4n) is 1.11. The topological polar surface area (TPSA) is 81.4 Å². The zero-order valence-electron chi connectivity index (χ0n) is 9.49. The molecule has 6 heteroatoms. The standard InChI is InChI=1S/C11H13FN2O3/c1-6(13)10(15)14-9-5-7(11(16)17-2)3-4-8(9)12/h3-6H,13H2,1-2H3,(H,14,15)/t6-/m1/s1. The molecule has 0 aliphatic heterocycles. The summed E-state index contributed by atoms with van der Waals surface area (Å²) < 4.78 is 17.8. The van der Waals surface area contributed by atoms with Crippen molar-refractivity contribution in [3.05, 3.63) is 29.6 Å². The van der Waals surface area contributed by atoms with Crippen molar-refractivity contribution in [2.24, 2.45) is 5.73 Å². The fraction of sp³-hybridized carbons (Fsp3) is 0.273. The molecule has 92 valence electrons. The number of ether oxygens (including phenoxy) is 1. The number of amides is 1. The van der Waals surface area contributed by atoms with E-state index in [0.29, 0.717) is 0 Å². The molecule has 0 spiro atoms. The molecule has 17 heavy (non-hydrogen) atoms. The van der Waals surface area contributed by atoms with E-state index < -0.39 is 23.7 Å². The van der Waals surface area contributed by atoms with Crippen LogP contribution >= 0.6 is 0 Å². The van der Waals surface area contributed by atoms with E-state index >= 15 is 0 Å². The molecular weight excluding hydrogens is 227 g/mol. The molecule has 1 aromatic carbocycles. The third-order valence-corrected chi connectivity index (χ3v) is 2.06. The molecule has 1 atom stereocenters. The van der Waals surface area contributed by atoms with Crippen molar-refractivity contribution >= 4 is 17.6 Å². The predicted octanol–water partition coefficient (Wildman–Crippen LogP) is 0.898. The van der Waals surface area contributed by atoms with Gasteiger partial charge in [-0.1, -0.05) is 0 Å². The number of methoxy groups -OCH3 is 1. The molecule has 1 rings (SSSR count). The number of halogens is 1. The summed E-state index contributed by atoms with van der Waals surface area (Å²) in [5.74, 6) is -1.79. The molecule has 0 heterocycles. The molecule has 3 N–H and O–H groups in total. The molecule has 0 radical (unpaired) electrons. The van der Waals surface area contributed by atoms with Gasteiger partial charge in [-0.15, -0.1) is 0 Å². The number of carbonyl (C=O) groups is 2. The van der Waals surface area contributed by atoms with Gasteiger partial charge in [-0.3, -0.25) is 4.79 Å². The Kier molecular flexibility index (Phi) is 4.17. The minimum Gasteiger partial charge on any atom is -0.465 e. The highest BCUT2D eigenvalue weighted by Crippen LogP contribution is 2.17. The summed E-state index contributed by atoms with van der Waals surface area (Å²) in [6.07, 6.45) is 0. The van der Waals surface area contributed by atoms with Gasteiger partial charge in [-0.2, -0.15) is 0 Å². The predicted molar refractivity (Wildman–Crippen MR) is 60.0 cm³/mol. The van der Waals surface area contributed by atoms with Gasteiger partial charge in [0.15, 0.2) is 0 Å². The van der Waals surface area contributed by atoms with E-state index in [0.717, 1.165) is 6.07 Å². The van der Waals surface area contributed by atoms with Crippen LogP contribution in [0.2, 0.25) is 0 Å². The molecular formula is C11H13FN2O3. The van der Waals surface area contributed by atoms with Crippen LogP contribution in [-0.2, 0) is 9.53 Å². The van der Waals surface area contributed by atoms with E-state index in [1.165, 1.54) is 26.2 Å². The average molecular weight is 240 g/mol. The maximum absolute atomic E-state index is 13.4. The van der Waals surface area contributed by atoms with Crippen molar-refractivity contribution in [1.82, 2.24) is 0 Å². The van der Waals surface area contributed by atoms with Crippen LogP contribution in [0.1, 0.15) is 17.3 Å². The number of hydrogen-bond acceptors (Lipinski definition) is 4. The van der Waals surface area contributed by atoms with Gasteiger partial charge in [0.1, 0.15) is 5.82 Å². The zero-order chi connectivity index (χ0) is 13.0. The largest absolute Gasteiger partial charge is 0.465 e. The quantitative estimate of drug-likeness (QED) is 0.769. The van der Waals surface area contributed by atoms with E-state index in [1.54, 1.807) is 0 Å². The zero-order valence-corrected chi connectivity index (χ0v) is 9.49. The number of nitrogens with one attached hydrogen (secondary N) is 1. The molecule has 0 saturated carbocycles. The Bertz CT molecular complexity index is 446. The Balaban J connectivity index is 2.99. The maximum Gasteiger partial charge on any atom is 0.337 e. The summed E-state index contributed by atoms with van der Waals surface area (Å²) in [6.45, 7) is 1.47. The van der Waals surface area contributed by atoms with Crippen LogP contribution in [0.5, 0.6) is 0 Å². The van der Waals surface area contributed by atoms with Gasteiger partial charge in [0, 0.05) is 0 Å². The molecule has 1 amide bonds. The Hall–Kier alpha value is -1.95. The van der Waals surface area contributed by atoms with Gasteiger partial charge in [0.2, 0.25) is 5.91 Å². The highest BCUT2D eigenvalue weighted by Gasteiger charge is 2.13. The van der Waals surface area contributed by atoms with E-state index in [2.05, 4.69) is 10.1 Å². The minimum absolute atomic E-state index is 0.102. The van der Waals surface area contributed by atoms with Crippen molar-refractivity contribution < 1.29 is 18.7 Å². The minimum atomic E-state index is -0.767. The Morgan fingerprint density at radius 2 is 2.12 bits per heavy atom. The van der Waals surface area contributed by atoms with Gasteiger partial charge in [-0.25, -0.2) is 9.18 Å². The first-order valence-corrected chi connectivity index (χ1v) is 4.90. The molecule has 0 bridgehead atoms. The third-order valence-electron chi connectivity index (χ3n) is 2.06. The summed E-state index contributed by atoms with van der Waals surface area (Å²) in [7, 11) is 1.21. The number of esters is 1. The van der Waals surface area contributed by atoms with Crippen LogP contribution in [0.15, 0.2) is 18.2 Å². The lowest BCUT2D eigenvalue weighted by atomic mass is 10.2. The summed E-state index contributed by atoms with van der Waals surface area (Å²) in [4.78, 5) is 22.5. The second-order valence-electron chi connectivity index (χ2n) is 3.46. The summed E-state index contributed by atoms with van der Waals surface area (Å²) in [6, 6.07) is 2.77. The summed E-state index contributed by atoms with van der Waals surface area (Å²) in [5.41, 5.74) is 5.38. The first-order valence-electron chi connectivity index (χ1n) is 4.90. The fourth-order valence-corrected chi connectivity index (χ4v) is 1.11. The van der Waals surface area contributed by atoms with Gasteiger partial charge in [-0.05, 0) is 25.1 Å². The SMILES string of the molecule is COC(=O)c1ccc(F)c(NC(=O)[C@@H](C)N)c1.